The lowest BCUT2D eigenvalue weighted by Crippen LogP contribution is -2.37. The molecule has 5 rings (SSSR count). The molecule has 2 aromatic carbocycles. The predicted octanol–water partition coefficient (Wildman–Crippen LogP) is 4.75. The summed E-state index contributed by atoms with van der Waals surface area (Å²) in [6.45, 7) is 2.86. The maximum Gasteiger partial charge on any atom is 0.413 e. The second-order valence-electron chi connectivity index (χ2n) is 8.40. The number of rotatable bonds is 6. The first-order valence-corrected chi connectivity index (χ1v) is 12.3. The van der Waals surface area contributed by atoms with Crippen LogP contribution in [0.2, 0.25) is 0 Å². The number of nitrogens with one attached hydrogen (secondary N) is 3. The summed E-state index contributed by atoms with van der Waals surface area (Å²) in [5.74, 6) is -1.14. The standard InChI is InChI=1S/C25H22F3N5O3S/c26-25(27,28)21(20-2-1-13-37-20)29-24(35)16-5-8-19-18(14-16)22(32-31-19)30-23(34)15-3-6-17(7-4-15)33-9-11-36-12-10-33/h1-8,13-14,21H,9-12H2,(H,29,35)(H2,30,31,32,34). The molecule has 1 atom stereocenters. The normalized spacial score (nSPS) is 14.9. The average Bonchev–Trinajstić information content (AvgIpc) is 3.57. The molecular weight excluding hydrogens is 507 g/mol. The number of thiophene rings is 1. The van der Waals surface area contributed by atoms with E-state index in [0.29, 0.717) is 29.7 Å². The van der Waals surface area contributed by atoms with E-state index in [-0.39, 0.29) is 16.3 Å². The Morgan fingerprint density at radius 2 is 1.76 bits per heavy atom. The summed E-state index contributed by atoms with van der Waals surface area (Å²) in [6, 6.07) is 12.1. The second-order valence-corrected chi connectivity index (χ2v) is 9.38. The van der Waals surface area contributed by atoms with Gasteiger partial charge >= 0.3 is 6.18 Å². The molecule has 0 saturated carbocycles. The molecule has 12 heteroatoms. The number of alkyl halides is 3. The molecule has 1 unspecified atom stereocenters. The van der Waals surface area contributed by atoms with Crippen molar-refractivity contribution in [2.24, 2.45) is 0 Å². The Morgan fingerprint density at radius 1 is 1.03 bits per heavy atom. The van der Waals surface area contributed by atoms with Gasteiger partial charge in [0.1, 0.15) is 0 Å². The van der Waals surface area contributed by atoms with Crippen LogP contribution in [0.25, 0.3) is 10.9 Å². The van der Waals surface area contributed by atoms with Crippen molar-refractivity contribution in [2.75, 3.05) is 36.5 Å². The number of halogens is 3. The summed E-state index contributed by atoms with van der Waals surface area (Å²) in [7, 11) is 0. The molecule has 192 valence electrons. The van der Waals surface area contributed by atoms with Gasteiger partial charge in [0.25, 0.3) is 11.8 Å². The van der Waals surface area contributed by atoms with Crippen LogP contribution in [0.4, 0.5) is 24.7 Å². The average molecular weight is 530 g/mol. The number of carbonyl (C=O) groups excluding carboxylic acids is 2. The molecule has 37 heavy (non-hydrogen) atoms. The zero-order valence-corrected chi connectivity index (χ0v) is 20.2. The molecule has 2 aromatic heterocycles. The van der Waals surface area contributed by atoms with Crippen LogP contribution in [-0.2, 0) is 4.74 Å². The van der Waals surface area contributed by atoms with Crippen molar-refractivity contribution in [2.45, 2.75) is 12.2 Å². The van der Waals surface area contributed by atoms with Gasteiger partial charge in [-0.2, -0.15) is 18.3 Å². The first-order chi connectivity index (χ1) is 17.8. The van der Waals surface area contributed by atoms with Crippen LogP contribution in [0.3, 0.4) is 0 Å². The number of benzene rings is 2. The minimum atomic E-state index is -4.66. The Morgan fingerprint density at radius 3 is 2.43 bits per heavy atom. The van der Waals surface area contributed by atoms with E-state index in [1.807, 2.05) is 12.1 Å². The van der Waals surface area contributed by atoms with Gasteiger partial charge in [-0.1, -0.05) is 6.07 Å². The summed E-state index contributed by atoms with van der Waals surface area (Å²) in [6.07, 6.45) is -4.66. The second kappa shape index (κ2) is 10.2. The molecule has 1 fully saturated rings. The van der Waals surface area contributed by atoms with Gasteiger partial charge < -0.3 is 20.3 Å². The van der Waals surface area contributed by atoms with Crippen LogP contribution in [0.5, 0.6) is 0 Å². The van der Waals surface area contributed by atoms with Crippen molar-refractivity contribution < 1.29 is 27.5 Å². The topological polar surface area (TPSA) is 99.3 Å². The van der Waals surface area contributed by atoms with Crippen molar-refractivity contribution >= 4 is 45.6 Å². The number of H-pyrrole nitrogens is 1. The molecule has 3 heterocycles. The zero-order chi connectivity index (χ0) is 26.0. The Balaban J connectivity index is 1.32. The number of fused-ring (bicyclic) bond motifs is 1. The van der Waals surface area contributed by atoms with Crippen LogP contribution in [0.1, 0.15) is 31.6 Å². The number of hydrogen-bond donors (Lipinski definition) is 3. The van der Waals surface area contributed by atoms with Crippen molar-refractivity contribution in [3.8, 4) is 0 Å². The van der Waals surface area contributed by atoms with Crippen LogP contribution < -0.4 is 15.5 Å². The highest BCUT2D eigenvalue weighted by Crippen LogP contribution is 2.35. The third-order valence-corrected chi connectivity index (χ3v) is 6.93. The molecule has 0 aliphatic carbocycles. The molecule has 4 aromatic rings. The summed E-state index contributed by atoms with van der Waals surface area (Å²) in [5.41, 5.74) is 1.91. The number of amides is 2. The maximum atomic E-state index is 13.6. The number of carbonyl (C=O) groups is 2. The third kappa shape index (κ3) is 5.44. The van der Waals surface area contributed by atoms with E-state index in [9.17, 15) is 22.8 Å². The van der Waals surface area contributed by atoms with E-state index >= 15 is 0 Å². The van der Waals surface area contributed by atoms with E-state index < -0.39 is 24.0 Å². The van der Waals surface area contributed by atoms with Gasteiger partial charge in [-0.05, 0) is 53.9 Å². The number of anilines is 2. The quantitative estimate of drug-likeness (QED) is 0.335. The van der Waals surface area contributed by atoms with E-state index in [0.717, 1.165) is 30.1 Å². The highest BCUT2D eigenvalue weighted by Gasteiger charge is 2.42. The van der Waals surface area contributed by atoms with Crippen LogP contribution in [-0.4, -0.2) is 54.5 Å². The van der Waals surface area contributed by atoms with E-state index in [1.54, 1.807) is 12.1 Å². The Hall–Kier alpha value is -3.90. The highest BCUT2D eigenvalue weighted by molar-refractivity contribution is 7.10. The van der Waals surface area contributed by atoms with Crippen molar-refractivity contribution in [1.82, 2.24) is 15.5 Å². The molecule has 2 amide bonds. The Bertz CT molecular complexity index is 1400. The van der Waals surface area contributed by atoms with Crippen molar-refractivity contribution in [3.63, 3.8) is 0 Å². The number of morpholine rings is 1. The largest absolute Gasteiger partial charge is 0.413 e. The summed E-state index contributed by atoms with van der Waals surface area (Å²) in [5, 5.41) is 13.5. The fraction of sp³-hybridized carbons (Fsp3) is 0.240. The Kier molecular flexibility index (Phi) is 6.85. The predicted molar refractivity (Wildman–Crippen MR) is 134 cm³/mol. The smallest absolute Gasteiger partial charge is 0.378 e. The molecule has 0 radical (unpaired) electrons. The minimum Gasteiger partial charge on any atom is -0.378 e. The fourth-order valence-corrected chi connectivity index (χ4v) is 4.86. The van der Waals surface area contributed by atoms with Gasteiger partial charge in [0, 0.05) is 40.2 Å². The van der Waals surface area contributed by atoms with Crippen LogP contribution in [0.15, 0.2) is 60.0 Å². The van der Waals surface area contributed by atoms with Gasteiger partial charge in [0.15, 0.2) is 11.9 Å². The number of aromatic amines is 1. The fourth-order valence-electron chi connectivity index (χ4n) is 4.06. The Labute approximate surface area is 213 Å². The monoisotopic (exact) mass is 529 g/mol. The van der Waals surface area contributed by atoms with Gasteiger partial charge in [0.05, 0.1) is 18.7 Å². The molecule has 0 bridgehead atoms. The summed E-state index contributed by atoms with van der Waals surface area (Å²) >= 11 is 0.910. The van der Waals surface area contributed by atoms with Gasteiger partial charge in [0.2, 0.25) is 0 Å². The minimum absolute atomic E-state index is 0.00469. The number of hydrogen-bond acceptors (Lipinski definition) is 6. The van der Waals surface area contributed by atoms with Gasteiger partial charge in [-0.3, -0.25) is 14.7 Å². The summed E-state index contributed by atoms with van der Waals surface area (Å²) in [4.78, 5) is 27.7. The van der Waals surface area contributed by atoms with E-state index in [4.69, 9.17) is 4.74 Å². The molecule has 1 aliphatic heterocycles. The van der Waals surface area contributed by atoms with Crippen molar-refractivity contribution in [1.29, 1.82) is 0 Å². The summed E-state index contributed by atoms with van der Waals surface area (Å²) < 4.78 is 46.1. The molecule has 0 spiro atoms. The molecule has 1 aliphatic rings. The van der Waals surface area contributed by atoms with Gasteiger partial charge in [-0.15, -0.1) is 11.3 Å². The van der Waals surface area contributed by atoms with Gasteiger partial charge in [-0.25, -0.2) is 0 Å². The maximum absolute atomic E-state index is 13.6. The lowest BCUT2D eigenvalue weighted by molar-refractivity contribution is -0.154. The molecule has 8 nitrogen and oxygen atoms in total. The van der Waals surface area contributed by atoms with Crippen molar-refractivity contribution in [3.05, 3.63) is 76.0 Å². The molecular formula is C25H22F3N5O3S. The van der Waals surface area contributed by atoms with E-state index in [1.165, 1.54) is 35.7 Å². The zero-order valence-electron chi connectivity index (χ0n) is 19.3. The molecule has 3 N–H and O–H groups in total. The lowest BCUT2D eigenvalue weighted by Gasteiger charge is -2.28. The number of ether oxygens (including phenoxy) is 1. The third-order valence-electron chi connectivity index (χ3n) is 5.99. The first-order valence-electron chi connectivity index (χ1n) is 11.4. The van der Waals surface area contributed by atoms with Crippen LogP contribution >= 0.6 is 11.3 Å². The number of nitrogens with zero attached hydrogens (tertiary/aromatic N) is 2. The highest BCUT2D eigenvalue weighted by atomic mass is 32.1. The SMILES string of the molecule is O=C(Nc1n[nH]c2ccc(C(=O)NC(c3cccs3)C(F)(F)F)cc12)c1ccc(N2CCOCC2)cc1. The molecule has 1 saturated heterocycles. The first kappa shape index (κ1) is 24.8. The number of aromatic nitrogens is 2. The van der Waals surface area contributed by atoms with Crippen LogP contribution in [0, 0.1) is 0 Å². The van der Waals surface area contributed by atoms with E-state index in [2.05, 4.69) is 25.7 Å². The lowest BCUT2D eigenvalue weighted by atomic mass is 10.1.